The Morgan fingerprint density at radius 3 is 2.07 bits per heavy atom. The fraction of sp³-hybridized carbons (Fsp3) is 0.778. The number of carbonyl (C=O) groups excluding carboxylic acids is 2. The molecular formula is C9H13F3O2. The van der Waals surface area contributed by atoms with E-state index in [4.69, 9.17) is 0 Å². The Bertz CT molecular complexity index is 221. The summed E-state index contributed by atoms with van der Waals surface area (Å²) >= 11 is 0. The van der Waals surface area contributed by atoms with Crippen LogP contribution in [-0.4, -0.2) is 17.7 Å². The highest BCUT2D eigenvalue weighted by Gasteiger charge is 2.34. The molecule has 14 heavy (non-hydrogen) atoms. The standard InChI is InChI=1S/C9H13F3O2/c1-3-7(5-9(10,11)12)8(14)4-6(2)13/h7H,3-5H2,1-2H3. The van der Waals surface area contributed by atoms with Crippen LogP contribution in [-0.2, 0) is 9.59 Å². The Morgan fingerprint density at radius 1 is 1.29 bits per heavy atom. The van der Waals surface area contributed by atoms with Gasteiger partial charge < -0.3 is 0 Å². The van der Waals surface area contributed by atoms with Crippen LogP contribution in [0.2, 0.25) is 0 Å². The molecule has 0 amide bonds. The van der Waals surface area contributed by atoms with Crippen LogP contribution in [0.5, 0.6) is 0 Å². The van der Waals surface area contributed by atoms with E-state index in [1.807, 2.05) is 0 Å². The van der Waals surface area contributed by atoms with E-state index in [0.717, 1.165) is 0 Å². The van der Waals surface area contributed by atoms with Gasteiger partial charge in [-0.15, -0.1) is 0 Å². The molecule has 0 N–H and O–H groups in total. The lowest BCUT2D eigenvalue weighted by molar-refractivity contribution is -0.154. The van der Waals surface area contributed by atoms with Crippen molar-refractivity contribution in [2.75, 3.05) is 0 Å². The minimum atomic E-state index is -4.34. The van der Waals surface area contributed by atoms with Gasteiger partial charge >= 0.3 is 6.18 Å². The molecule has 0 fully saturated rings. The Morgan fingerprint density at radius 2 is 1.79 bits per heavy atom. The minimum Gasteiger partial charge on any atom is -0.300 e. The molecule has 5 heteroatoms. The van der Waals surface area contributed by atoms with Gasteiger partial charge in [0.2, 0.25) is 0 Å². The highest BCUT2D eigenvalue weighted by atomic mass is 19.4. The number of hydrogen-bond donors (Lipinski definition) is 0. The number of alkyl halides is 3. The minimum absolute atomic E-state index is 0.117. The maximum atomic E-state index is 12.0. The van der Waals surface area contributed by atoms with Crippen molar-refractivity contribution >= 4 is 11.6 Å². The van der Waals surface area contributed by atoms with E-state index < -0.39 is 36.5 Å². The van der Waals surface area contributed by atoms with Crippen LogP contribution >= 0.6 is 0 Å². The quantitative estimate of drug-likeness (QED) is 0.653. The van der Waals surface area contributed by atoms with Crippen LogP contribution in [0.25, 0.3) is 0 Å². The molecule has 0 bridgehead atoms. The van der Waals surface area contributed by atoms with Gasteiger partial charge in [0.1, 0.15) is 11.6 Å². The molecule has 1 atom stereocenters. The maximum Gasteiger partial charge on any atom is 0.389 e. The highest BCUT2D eigenvalue weighted by molar-refractivity contribution is 5.99. The first-order chi connectivity index (χ1) is 6.26. The van der Waals surface area contributed by atoms with E-state index in [0.29, 0.717) is 0 Å². The largest absolute Gasteiger partial charge is 0.389 e. The fourth-order valence-electron chi connectivity index (χ4n) is 1.15. The SMILES string of the molecule is CCC(CC(F)(F)F)C(=O)CC(C)=O. The molecule has 0 aliphatic carbocycles. The van der Waals surface area contributed by atoms with Gasteiger partial charge in [-0.2, -0.15) is 13.2 Å². The van der Waals surface area contributed by atoms with Crippen LogP contribution < -0.4 is 0 Å². The molecule has 0 spiro atoms. The van der Waals surface area contributed by atoms with Gasteiger partial charge in [0, 0.05) is 5.92 Å². The first kappa shape index (κ1) is 13.1. The molecule has 0 radical (unpaired) electrons. The maximum absolute atomic E-state index is 12.0. The smallest absolute Gasteiger partial charge is 0.300 e. The monoisotopic (exact) mass is 210 g/mol. The van der Waals surface area contributed by atoms with Crippen molar-refractivity contribution in [2.24, 2.45) is 5.92 Å². The zero-order chi connectivity index (χ0) is 11.4. The second-order valence-corrected chi connectivity index (χ2v) is 3.27. The summed E-state index contributed by atoms with van der Waals surface area (Å²) in [6.07, 6.45) is -5.75. The van der Waals surface area contributed by atoms with Gasteiger partial charge in [-0.3, -0.25) is 9.59 Å². The van der Waals surface area contributed by atoms with Gasteiger partial charge in [0.25, 0.3) is 0 Å². The van der Waals surface area contributed by atoms with Gasteiger partial charge in [-0.25, -0.2) is 0 Å². The van der Waals surface area contributed by atoms with Gasteiger partial charge in [-0.05, 0) is 13.3 Å². The summed E-state index contributed by atoms with van der Waals surface area (Å²) in [6, 6.07) is 0. The number of hydrogen-bond acceptors (Lipinski definition) is 2. The third kappa shape index (κ3) is 5.72. The van der Waals surface area contributed by atoms with Gasteiger partial charge in [0.05, 0.1) is 12.8 Å². The lowest BCUT2D eigenvalue weighted by Gasteiger charge is -2.14. The second kappa shape index (κ2) is 5.12. The van der Waals surface area contributed by atoms with Crippen molar-refractivity contribution in [2.45, 2.75) is 39.3 Å². The van der Waals surface area contributed by atoms with E-state index in [1.165, 1.54) is 13.8 Å². The lowest BCUT2D eigenvalue weighted by Crippen LogP contribution is -2.23. The first-order valence-electron chi connectivity index (χ1n) is 4.35. The van der Waals surface area contributed by atoms with Crippen molar-refractivity contribution in [1.82, 2.24) is 0 Å². The van der Waals surface area contributed by atoms with E-state index in [9.17, 15) is 22.8 Å². The molecule has 0 rings (SSSR count). The van der Waals surface area contributed by atoms with E-state index in [-0.39, 0.29) is 6.42 Å². The first-order valence-corrected chi connectivity index (χ1v) is 4.35. The molecule has 0 saturated carbocycles. The summed E-state index contributed by atoms with van der Waals surface area (Å²) in [5, 5.41) is 0. The zero-order valence-corrected chi connectivity index (χ0v) is 8.15. The van der Waals surface area contributed by atoms with Crippen molar-refractivity contribution in [1.29, 1.82) is 0 Å². The number of ketones is 2. The van der Waals surface area contributed by atoms with Crippen LogP contribution in [0, 0.1) is 5.92 Å². The Balaban J connectivity index is 4.27. The van der Waals surface area contributed by atoms with E-state index in [1.54, 1.807) is 0 Å². The third-order valence-electron chi connectivity index (χ3n) is 1.85. The fourth-order valence-corrected chi connectivity index (χ4v) is 1.15. The predicted octanol–water partition coefficient (Wildman–Crippen LogP) is 2.51. The normalized spacial score (nSPS) is 13.8. The molecule has 82 valence electrons. The van der Waals surface area contributed by atoms with Crippen molar-refractivity contribution in [3.05, 3.63) is 0 Å². The summed E-state index contributed by atoms with van der Waals surface area (Å²) in [5.74, 6) is -2.08. The molecule has 0 aromatic heterocycles. The number of rotatable bonds is 5. The highest BCUT2D eigenvalue weighted by Crippen LogP contribution is 2.27. The zero-order valence-electron chi connectivity index (χ0n) is 8.15. The van der Waals surface area contributed by atoms with Crippen molar-refractivity contribution in [3.8, 4) is 0 Å². The average molecular weight is 210 g/mol. The number of Topliss-reactive ketones (excluding diaryl/α,β-unsaturated/α-hetero) is 2. The van der Waals surface area contributed by atoms with Gasteiger partial charge in [0.15, 0.2) is 0 Å². The van der Waals surface area contributed by atoms with Crippen molar-refractivity contribution in [3.63, 3.8) is 0 Å². The van der Waals surface area contributed by atoms with Crippen LogP contribution in [0.3, 0.4) is 0 Å². The number of carbonyl (C=O) groups is 2. The molecule has 0 aromatic carbocycles. The van der Waals surface area contributed by atoms with Crippen LogP contribution in [0.1, 0.15) is 33.1 Å². The van der Waals surface area contributed by atoms with E-state index >= 15 is 0 Å². The van der Waals surface area contributed by atoms with Crippen molar-refractivity contribution < 1.29 is 22.8 Å². The molecule has 0 saturated heterocycles. The van der Waals surface area contributed by atoms with Gasteiger partial charge in [-0.1, -0.05) is 6.92 Å². The Hall–Kier alpha value is -0.870. The molecule has 0 aliphatic rings. The molecular weight excluding hydrogens is 197 g/mol. The molecule has 1 unspecified atom stereocenters. The van der Waals surface area contributed by atoms with Crippen LogP contribution in [0.15, 0.2) is 0 Å². The molecule has 2 nitrogen and oxygen atoms in total. The second-order valence-electron chi connectivity index (χ2n) is 3.27. The lowest BCUT2D eigenvalue weighted by atomic mass is 9.94. The predicted molar refractivity (Wildman–Crippen MR) is 44.8 cm³/mol. The molecule has 0 aromatic rings. The topological polar surface area (TPSA) is 34.1 Å². The Kier molecular flexibility index (Phi) is 4.80. The molecule has 0 aliphatic heterocycles. The summed E-state index contributed by atoms with van der Waals surface area (Å²) in [7, 11) is 0. The Labute approximate surface area is 80.5 Å². The summed E-state index contributed by atoms with van der Waals surface area (Å²) in [5.41, 5.74) is 0. The van der Waals surface area contributed by atoms with Crippen LogP contribution in [0.4, 0.5) is 13.2 Å². The van der Waals surface area contributed by atoms with E-state index in [2.05, 4.69) is 0 Å². The average Bonchev–Trinajstić information content (AvgIpc) is 1.96. The summed E-state index contributed by atoms with van der Waals surface area (Å²) in [6.45, 7) is 2.70. The number of halogens is 3. The molecule has 0 heterocycles. The third-order valence-corrected chi connectivity index (χ3v) is 1.85. The summed E-state index contributed by atoms with van der Waals surface area (Å²) in [4.78, 5) is 21.7. The summed E-state index contributed by atoms with van der Waals surface area (Å²) < 4.78 is 35.9.